The average molecular weight is 565 g/mol. The van der Waals surface area contributed by atoms with E-state index in [0.717, 1.165) is 51.4 Å². The molecule has 0 saturated heterocycles. The predicted octanol–water partition coefficient (Wildman–Crippen LogP) is 9.95. The molecule has 0 aliphatic rings. The Bertz CT molecular complexity index is 613. The molecule has 5 heteroatoms. The van der Waals surface area contributed by atoms with E-state index in [4.69, 9.17) is 9.47 Å². The average Bonchev–Trinajstić information content (AvgIpc) is 2.96. The monoisotopic (exact) mass is 564 g/mol. The minimum absolute atomic E-state index is 0.0716. The Balaban J connectivity index is 3.60. The van der Waals surface area contributed by atoms with Gasteiger partial charge in [0.2, 0.25) is 0 Å². The molecule has 0 rings (SSSR count). The van der Waals surface area contributed by atoms with Crippen LogP contribution in [0.5, 0.6) is 0 Å². The molecule has 0 aromatic heterocycles. The van der Waals surface area contributed by atoms with Crippen molar-refractivity contribution in [2.45, 2.75) is 174 Å². The van der Waals surface area contributed by atoms with Gasteiger partial charge >= 0.3 is 11.9 Å². The van der Waals surface area contributed by atoms with Gasteiger partial charge in [-0.3, -0.25) is 9.59 Å². The standard InChI is InChI=1S/C35H64O5/c1-3-5-7-9-11-13-15-16-17-18-20-22-24-26-28-30-35(38)40-33(31-36)32-39-34(37)29-27-25-23-21-19-14-12-10-8-6-4-2/h10,12,16-17,33,36H,3-9,11,13-15,18-32H2,1-2H3/b12-10-,17-16-/t33-/m0/s1. The van der Waals surface area contributed by atoms with Crippen LogP contribution in [0.4, 0.5) is 0 Å². The van der Waals surface area contributed by atoms with Gasteiger partial charge in [-0.25, -0.2) is 0 Å². The highest BCUT2D eigenvalue weighted by atomic mass is 16.6. The van der Waals surface area contributed by atoms with Crippen LogP contribution in [0.2, 0.25) is 0 Å². The van der Waals surface area contributed by atoms with E-state index in [1.165, 1.54) is 89.9 Å². The third-order valence-electron chi connectivity index (χ3n) is 7.22. The fraction of sp³-hybridized carbons (Fsp3) is 0.829. The van der Waals surface area contributed by atoms with Crippen LogP contribution in [0.3, 0.4) is 0 Å². The number of carbonyl (C=O) groups is 2. The number of unbranched alkanes of at least 4 members (excludes halogenated alkanes) is 18. The molecule has 0 aliphatic carbocycles. The van der Waals surface area contributed by atoms with Crippen LogP contribution in [-0.4, -0.2) is 36.4 Å². The van der Waals surface area contributed by atoms with Crippen molar-refractivity contribution >= 4 is 11.9 Å². The molecule has 0 amide bonds. The van der Waals surface area contributed by atoms with Gasteiger partial charge in [0.1, 0.15) is 6.61 Å². The van der Waals surface area contributed by atoms with Crippen molar-refractivity contribution in [1.29, 1.82) is 0 Å². The first-order valence-electron chi connectivity index (χ1n) is 16.9. The Morgan fingerprint density at radius 2 is 0.950 bits per heavy atom. The summed E-state index contributed by atoms with van der Waals surface area (Å²) < 4.78 is 10.5. The second kappa shape index (κ2) is 31.9. The van der Waals surface area contributed by atoms with Crippen molar-refractivity contribution in [2.24, 2.45) is 0 Å². The van der Waals surface area contributed by atoms with Crippen LogP contribution in [0.1, 0.15) is 168 Å². The number of aliphatic hydroxyl groups excluding tert-OH is 1. The molecule has 0 saturated carbocycles. The van der Waals surface area contributed by atoms with Crippen molar-refractivity contribution in [3.63, 3.8) is 0 Å². The Morgan fingerprint density at radius 3 is 1.43 bits per heavy atom. The number of esters is 2. The molecule has 0 bridgehead atoms. The van der Waals surface area contributed by atoms with Crippen molar-refractivity contribution in [1.82, 2.24) is 0 Å². The highest BCUT2D eigenvalue weighted by Crippen LogP contribution is 2.12. The molecule has 0 unspecified atom stereocenters. The van der Waals surface area contributed by atoms with E-state index in [2.05, 4.69) is 38.2 Å². The SMILES string of the molecule is CCCC/C=C\CCCCCCCC(=O)OC[C@H](CO)OC(=O)CCCCCCC/C=C\CCCCCCCC. The summed E-state index contributed by atoms with van der Waals surface area (Å²) in [6, 6.07) is 0. The van der Waals surface area contributed by atoms with E-state index >= 15 is 0 Å². The van der Waals surface area contributed by atoms with Gasteiger partial charge in [-0.1, -0.05) is 122 Å². The smallest absolute Gasteiger partial charge is 0.306 e. The van der Waals surface area contributed by atoms with Gasteiger partial charge in [-0.15, -0.1) is 0 Å². The lowest BCUT2D eigenvalue weighted by atomic mass is 10.1. The van der Waals surface area contributed by atoms with Crippen LogP contribution in [0.15, 0.2) is 24.3 Å². The van der Waals surface area contributed by atoms with Gasteiger partial charge in [0.15, 0.2) is 6.10 Å². The zero-order chi connectivity index (χ0) is 29.4. The maximum Gasteiger partial charge on any atom is 0.306 e. The summed E-state index contributed by atoms with van der Waals surface area (Å²) in [5, 5.41) is 9.49. The summed E-state index contributed by atoms with van der Waals surface area (Å²) in [5.74, 6) is -0.612. The summed E-state index contributed by atoms with van der Waals surface area (Å²) in [5.41, 5.74) is 0. The van der Waals surface area contributed by atoms with Gasteiger partial charge in [-0.2, -0.15) is 0 Å². The minimum Gasteiger partial charge on any atom is -0.462 e. The number of rotatable bonds is 30. The van der Waals surface area contributed by atoms with Crippen LogP contribution in [0, 0.1) is 0 Å². The number of ether oxygens (including phenoxy) is 2. The molecule has 0 aromatic carbocycles. The number of allylic oxidation sites excluding steroid dienone is 4. The first-order chi connectivity index (χ1) is 19.6. The van der Waals surface area contributed by atoms with Gasteiger partial charge in [0.25, 0.3) is 0 Å². The van der Waals surface area contributed by atoms with Gasteiger partial charge in [0.05, 0.1) is 6.61 Å². The predicted molar refractivity (Wildman–Crippen MR) is 168 cm³/mol. The fourth-order valence-corrected chi connectivity index (χ4v) is 4.59. The van der Waals surface area contributed by atoms with E-state index in [0.29, 0.717) is 12.8 Å². The summed E-state index contributed by atoms with van der Waals surface area (Å²) in [6.07, 6.45) is 35.1. The Labute approximate surface area is 247 Å². The van der Waals surface area contributed by atoms with Gasteiger partial charge in [0, 0.05) is 12.8 Å². The molecule has 0 heterocycles. The molecule has 234 valence electrons. The summed E-state index contributed by atoms with van der Waals surface area (Å²) in [4.78, 5) is 24.1. The Hall–Kier alpha value is -1.62. The Morgan fingerprint density at radius 1 is 0.550 bits per heavy atom. The van der Waals surface area contributed by atoms with E-state index in [-0.39, 0.29) is 25.2 Å². The number of carbonyl (C=O) groups excluding carboxylic acids is 2. The quantitative estimate of drug-likeness (QED) is 0.0534. The number of aliphatic hydroxyl groups is 1. The molecule has 0 fully saturated rings. The molecule has 1 atom stereocenters. The first kappa shape index (κ1) is 38.4. The summed E-state index contributed by atoms with van der Waals surface area (Å²) >= 11 is 0. The third-order valence-corrected chi connectivity index (χ3v) is 7.22. The zero-order valence-corrected chi connectivity index (χ0v) is 26.4. The molecule has 40 heavy (non-hydrogen) atoms. The zero-order valence-electron chi connectivity index (χ0n) is 26.4. The minimum atomic E-state index is -0.773. The third kappa shape index (κ3) is 29.4. The van der Waals surface area contributed by atoms with Crippen LogP contribution >= 0.6 is 0 Å². The summed E-state index contributed by atoms with van der Waals surface area (Å²) in [7, 11) is 0. The molecule has 1 N–H and O–H groups in total. The van der Waals surface area contributed by atoms with Gasteiger partial charge < -0.3 is 14.6 Å². The van der Waals surface area contributed by atoms with Crippen molar-refractivity contribution in [2.75, 3.05) is 13.2 Å². The first-order valence-corrected chi connectivity index (χ1v) is 16.9. The van der Waals surface area contributed by atoms with Crippen molar-refractivity contribution in [3.05, 3.63) is 24.3 Å². The van der Waals surface area contributed by atoms with E-state index in [1.54, 1.807) is 0 Å². The normalized spacial score (nSPS) is 12.4. The maximum atomic E-state index is 12.1. The second-order valence-corrected chi connectivity index (χ2v) is 11.2. The van der Waals surface area contributed by atoms with E-state index < -0.39 is 6.10 Å². The highest BCUT2D eigenvalue weighted by molar-refractivity contribution is 5.70. The second-order valence-electron chi connectivity index (χ2n) is 11.2. The molecule has 0 spiro atoms. The highest BCUT2D eigenvalue weighted by Gasteiger charge is 2.16. The summed E-state index contributed by atoms with van der Waals surface area (Å²) in [6.45, 7) is 4.06. The fourth-order valence-electron chi connectivity index (χ4n) is 4.59. The lowest BCUT2D eigenvalue weighted by Gasteiger charge is -2.15. The Kier molecular flexibility index (Phi) is 30.6. The number of hydrogen-bond donors (Lipinski definition) is 1. The number of hydrogen-bond acceptors (Lipinski definition) is 5. The van der Waals surface area contributed by atoms with Crippen molar-refractivity contribution < 1.29 is 24.2 Å². The molecule has 5 nitrogen and oxygen atoms in total. The molecular weight excluding hydrogens is 500 g/mol. The lowest BCUT2D eigenvalue weighted by Crippen LogP contribution is -2.28. The molecular formula is C35H64O5. The topological polar surface area (TPSA) is 72.8 Å². The van der Waals surface area contributed by atoms with Crippen molar-refractivity contribution in [3.8, 4) is 0 Å². The molecule has 0 aliphatic heterocycles. The lowest BCUT2D eigenvalue weighted by molar-refractivity contribution is -0.161. The van der Waals surface area contributed by atoms with E-state index in [1.807, 2.05) is 0 Å². The largest absolute Gasteiger partial charge is 0.462 e. The van der Waals surface area contributed by atoms with Crippen LogP contribution in [0.25, 0.3) is 0 Å². The maximum absolute atomic E-state index is 12.1. The van der Waals surface area contributed by atoms with Crippen LogP contribution < -0.4 is 0 Å². The molecule has 0 aromatic rings. The van der Waals surface area contributed by atoms with Crippen LogP contribution in [-0.2, 0) is 19.1 Å². The van der Waals surface area contributed by atoms with Gasteiger partial charge in [-0.05, 0) is 57.8 Å². The van der Waals surface area contributed by atoms with E-state index in [9.17, 15) is 14.7 Å². The molecule has 0 radical (unpaired) electrons.